The number of nitrogen functional groups attached to an aromatic ring is 1. The fraction of sp³-hybridized carbons (Fsp3) is 0.250. The normalized spacial score (nSPS) is 10.4. The number of benzene rings is 2. The minimum Gasteiger partial charge on any atom is -0.399 e. The molecule has 0 aromatic heterocycles. The first-order valence-corrected chi connectivity index (χ1v) is 7.35. The highest BCUT2D eigenvalue weighted by atomic mass is 32.2. The van der Waals surface area contributed by atoms with Gasteiger partial charge >= 0.3 is 0 Å². The Labute approximate surface area is 113 Å². The molecule has 18 heavy (non-hydrogen) atoms. The fourth-order valence-electron chi connectivity index (χ4n) is 1.87. The molecule has 2 aromatic rings. The molecule has 0 saturated carbocycles. The van der Waals surface area contributed by atoms with Gasteiger partial charge in [0.25, 0.3) is 0 Å². The summed E-state index contributed by atoms with van der Waals surface area (Å²) in [4.78, 5) is 1.27. The molecule has 0 amide bonds. The second-order valence-corrected chi connectivity index (χ2v) is 5.53. The van der Waals surface area contributed by atoms with Crippen LogP contribution < -0.4 is 5.73 Å². The molecular weight excluding hydrogens is 238 g/mol. The fourth-order valence-corrected chi connectivity index (χ4v) is 2.85. The molecule has 0 bridgehead atoms. The van der Waals surface area contributed by atoms with Gasteiger partial charge in [0.15, 0.2) is 0 Å². The first-order chi connectivity index (χ1) is 8.84. The molecule has 0 radical (unpaired) electrons. The summed E-state index contributed by atoms with van der Waals surface area (Å²) in [5.74, 6) is 1.16. The molecule has 0 heterocycles. The molecule has 2 rings (SSSR count). The number of nitrogens with two attached hydrogens (primary N) is 1. The van der Waals surface area contributed by atoms with Crippen LogP contribution in [0.5, 0.6) is 0 Å². The predicted octanol–water partition coefficient (Wildman–Crippen LogP) is 4.38. The summed E-state index contributed by atoms with van der Waals surface area (Å²) in [5.41, 5.74) is 8.04. The second-order valence-electron chi connectivity index (χ2n) is 4.36. The van der Waals surface area contributed by atoms with Crippen LogP contribution in [0.3, 0.4) is 0 Å². The van der Waals surface area contributed by atoms with Crippen LogP contribution >= 0.6 is 11.8 Å². The minimum absolute atomic E-state index is 0.851. The van der Waals surface area contributed by atoms with Gasteiger partial charge in [-0.25, -0.2) is 0 Å². The topological polar surface area (TPSA) is 26.0 Å². The quantitative estimate of drug-likeness (QED) is 0.472. The summed E-state index contributed by atoms with van der Waals surface area (Å²) in [5, 5.41) is 0. The molecule has 2 heteroatoms. The molecule has 1 nitrogen and oxygen atoms in total. The van der Waals surface area contributed by atoms with E-state index in [-0.39, 0.29) is 0 Å². The smallest absolute Gasteiger partial charge is 0.0325 e. The van der Waals surface area contributed by atoms with Crippen molar-refractivity contribution < 1.29 is 0 Å². The molecule has 0 atom stereocenters. The van der Waals surface area contributed by atoms with Crippen LogP contribution in [-0.4, -0.2) is 5.75 Å². The van der Waals surface area contributed by atoms with Crippen LogP contribution in [0.1, 0.15) is 18.4 Å². The number of thioether (sulfide) groups is 1. The van der Waals surface area contributed by atoms with Crippen molar-refractivity contribution in [2.45, 2.75) is 24.2 Å². The Hall–Kier alpha value is -1.41. The molecule has 0 fully saturated rings. The van der Waals surface area contributed by atoms with Gasteiger partial charge in [-0.1, -0.05) is 36.4 Å². The van der Waals surface area contributed by atoms with Crippen molar-refractivity contribution in [2.24, 2.45) is 0 Å². The Morgan fingerprint density at radius 1 is 0.889 bits per heavy atom. The van der Waals surface area contributed by atoms with Crippen molar-refractivity contribution in [1.82, 2.24) is 0 Å². The van der Waals surface area contributed by atoms with Gasteiger partial charge in [-0.05, 0) is 48.8 Å². The van der Waals surface area contributed by atoms with E-state index in [9.17, 15) is 0 Å². The van der Waals surface area contributed by atoms with Gasteiger partial charge in [-0.2, -0.15) is 0 Å². The Bertz CT molecular complexity index is 468. The van der Waals surface area contributed by atoms with E-state index in [2.05, 4.69) is 36.4 Å². The highest BCUT2D eigenvalue weighted by Crippen LogP contribution is 2.21. The lowest BCUT2D eigenvalue weighted by Crippen LogP contribution is -1.88. The van der Waals surface area contributed by atoms with Gasteiger partial charge in [-0.15, -0.1) is 11.8 Å². The maximum absolute atomic E-state index is 5.75. The summed E-state index contributed by atoms with van der Waals surface area (Å²) in [7, 11) is 0. The Balaban J connectivity index is 1.65. The van der Waals surface area contributed by atoms with Crippen LogP contribution in [0.25, 0.3) is 0 Å². The standard InChI is InChI=1S/C16H19NS/c17-15-10-6-11-16(13-15)18-12-5-4-9-14-7-2-1-3-8-14/h1-3,6-8,10-11,13H,4-5,9,12,17H2. The van der Waals surface area contributed by atoms with Crippen molar-refractivity contribution in [3.8, 4) is 0 Å². The van der Waals surface area contributed by atoms with E-state index in [0.29, 0.717) is 0 Å². The summed E-state index contributed by atoms with van der Waals surface area (Å²) in [6.45, 7) is 0. The van der Waals surface area contributed by atoms with Gasteiger partial charge in [0, 0.05) is 10.6 Å². The van der Waals surface area contributed by atoms with Gasteiger partial charge in [0.1, 0.15) is 0 Å². The molecule has 0 aliphatic carbocycles. The Kier molecular flexibility index (Phi) is 5.15. The lowest BCUT2D eigenvalue weighted by atomic mass is 10.1. The van der Waals surface area contributed by atoms with Gasteiger partial charge < -0.3 is 5.73 Å². The SMILES string of the molecule is Nc1cccc(SCCCCc2ccccc2)c1. The van der Waals surface area contributed by atoms with Crippen LogP contribution in [0.2, 0.25) is 0 Å². The summed E-state index contributed by atoms with van der Waals surface area (Å²) in [6, 6.07) is 18.8. The van der Waals surface area contributed by atoms with E-state index in [0.717, 1.165) is 11.4 Å². The molecular formula is C16H19NS. The van der Waals surface area contributed by atoms with Crippen molar-refractivity contribution in [3.63, 3.8) is 0 Å². The first kappa shape index (κ1) is 13.0. The van der Waals surface area contributed by atoms with Gasteiger partial charge in [-0.3, -0.25) is 0 Å². The third-order valence-corrected chi connectivity index (χ3v) is 3.91. The van der Waals surface area contributed by atoms with Gasteiger partial charge in [0.05, 0.1) is 0 Å². The zero-order chi connectivity index (χ0) is 12.6. The molecule has 0 spiro atoms. The summed E-state index contributed by atoms with van der Waals surface area (Å²) in [6.07, 6.45) is 3.67. The number of hydrogen-bond donors (Lipinski definition) is 1. The van der Waals surface area contributed by atoms with Crippen molar-refractivity contribution in [3.05, 3.63) is 60.2 Å². The summed E-state index contributed by atoms with van der Waals surface area (Å²) < 4.78 is 0. The highest BCUT2D eigenvalue weighted by molar-refractivity contribution is 7.99. The largest absolute Gasteiger partial charge is 0.399 e. The van der Waals surface area contributed by atoms with Crippen LogP contribution in [-0.2, 0) is 6.42 Å². The summed E-state index contributed by atoms with van der Waals surface area (Å²) >= 11 is 1.89. The highest BCUT2D eigenvalue weighted by Gasteiger charge is 1.96. The molecule has 0 aliphatic rings. The number of unbranched alkanes of at least 4 members (excludes halogenated alkanes) is 1. The monoisotopic (exact) mass is 257 g/mol. The Morgan fingerprint density at radius 2 is 1.72 bits per heavy atom. The average Bonchev–Trinajstić information content (AvgIpc) is 2.40. The maximum atomic E-state index is 5.75. The molecule has 2 aromatic carbocycles. The third kappa shape index (κ3) is 4.46. The first-order valence-electron chi connectivity index (χ1n) is 6.37. The number of rotatable bonds is 6. The lowest BCUT2D eigenvalue weighted by Gasteiger charge is -2.03. The van der Waals surface area contributed by atoms with E-state index in [1.165, 1.54) is 29.7 Å². The third-order valence-electron chi connectivity index (χ3n) is 2.83. The van der Waals surface area contributed by atoms with E-state index in [4.69, 9.17) is 5.73 Å². The van der Waals surface area contributed by atoms with Crippen molar-refractivity contribution >= 4 is 17.4 Å². The Morgan fingerprint density at radius 3 is 2.50 bits per heavy atom. The lowest BCUT2D eigenvalue weighted by molar-refractivity contribution is 0.802. The zero-order valence-electron chi connectivity index (χ0n) is 10.5. The predicted molar refractivity (Wildman–Crippen MR) is 81.0 cm³/mol. The van der Waals surface area contributed by atoms with Crippen LogP contribution in [0.4, 0.5) is 5.69 Å². The van der Waals surface area contributed by atoms with Crippen molar-refractivity contribution in [2.75, 3.05) is 11.5 Å². The second kappa shape index (κ2) is 7.12. The molecule has 2 N–H and O–H groups in total. The average molecular weight is 257 g/mol. The maximum Gasteiger partial charge on any atom is 0.0325 e. The number of anilines is 1. The van der Waals surface area contributed by atoms with E-state index in [1.807, 2.05) is 30.0 Å². The molecule has 94 valence electrons. The van der Waals surface area contributed by atoms with Crippen LogP contribution in [0.15, 0.2) is 59.5 Å². The molecule has 0 saturated heterocycles. The van der Waals surface area contributed by atoms with E-state index < -0.39 is 0 Å². The molecule has 0 aliphatic heterocycles. The van der Waals surface area contributed by atoms with Crippen LogP contribution in [0, 0.1) is 0 Å². The van der Waals surface area contributed by atoms with E-state index in [1.54, 1.807) is 0 Å². The molecule has 0 unspecified atom stereocenters. The van der Waals surface area contributed by atoms with E-state index >= 15 is 0 Å². The number of aryl methyl sites for hydroxylation is 1. The number of hydrogen-bond acceptors (Lipinski definition) is 2. The van der Waals surface area contributed by atoms with Gasteiger partial charge in [0.2, 0.25) is 0 Å². The zero-order valence-corrected chi connectivity index (χ0v) is 11.3. The minimum atomic E-state index is 0.851. The van der Waals surface area contributed by atoms with Crippen molar-refractivity contribution in [1.29, 1.82) is 0 Å².